The smallest absolute Gasteiger partial charge is 0.253 e. The molecule has 0 fully saturated rings. The zero-order chi connectivity index (χ0) is 24.5. The van der Waals surface area contributed by atoms with E-state index in [1.165, 1.54) is 17.3 Å². The number of nitrogens with one attached hydrogen (secondary N) is 2. The predicted molar refractivity (Wildman–Crippen MR) is 136 cm³/mol. The van der Waals surface area contributed by atoms with E-state index >= 15 is 0 Å². The largest absolute Gasteiger partial charge is 0.355 e. The number of hydrogen-bond acceptors (Lipinski definition) is 5. The van der Waals surface area contributed by atoms with Gasteiger partial charge in [0.15, 0.2) is 11.0 Å². The molecule has 0 saturated carbocycles. The van der Waals surface area contributed by atoms with Crippen molar-refractivity contribution in [1.29, 1.82) is 0 Å². The second-order valence-electron chi connectivity index (χ2n) is 8.13. The number of carbonyl (C=O) groups is 2. The van der Waals surface area contributed by atoms with Crippen LogP contribution < -0.4 is 10.6 Å². The first kappa shape index (κ1) is 25.8. The third kappa shape index (κ3) is 6.84. The molecular formula is C25H30ClN5O2S. The summed E-state index contributed by atoms with van der Waals surface area (Å²) in [5, 5.41) is 15.7. The summed E-state index contributed by atoms with van der Waals surface area (Å²) in [5.41, 5.74) is 1.60. The van der Waals surface area contributed by atoms with Gasteiger partial charge in [-0.1, -0.05) is 79.7 Å². The summed E-state index contributed by atoms with van der Waals surface area (Å²) in [4.78, 5) is 25.2. The van der Waals surface area contributed by atoms with E-state index in [-0.39, 0.29) is 29.5 Å². The molecule has 2 amide bonds. The van der Waals surface area contributed by atoms with E-state index in [1.807, 2.05) is 55.7 Å². The second-order valence-corrected chi connectivity index (χ2v) is 9.48. The molecule has 0 aliphatic carbocycles. The Bertz CT molecular complexity index is 1100. The van der Waals surface area contributed by atoms with Gasteiger partial charge in [0, 0.05) is 13.1 Å². The fourth-order valence-corrected chi connectivity index (χ4v) is 4.56. The average Bonchev–Trinajstić information content (AvgIpc) is 3.24. The van der Waals surface area contributed by atoms with Crippen LogP contribution in [-0.4, -0.2) is 38.9 Å². The molecule has 0 aliphatic rings. The van der Waals surface area contributed by atoms with E-state index in [0.717, 1.165) is 6.42 Å². The lowest BCUT2D eigenvalue weighted by Gasteiger charge is -2.22. The molecule has 3 aromatic rings. The monoisotopic (exact) mass is 499 g/mol. The number of nitrogens with zero attached hydrogens (tertiary/aromatic N) is 3. The minimum absolute atomic E-state index is 0.0550. The molecule has 3 rings (SSSR count). The fourth-order valence-electron chi connectivity index (χ4n) is 3.50. The van der Waals surface area contributed by atoms with Crippen molar-refractivity contribution in [1.82, 2.24) is 25.4 Å². The number of thioether (sulfide) groups is 1. The molecule has 0 radical (unpaired) electrons. The Morgan fingerprint density at radius 2 is 1.76 bits per heavy atom. The molecule has 180 valence electrons. The molecule has 0 aliphatic heterocycles. The van der Waals surface area contributed by atoms with Crippen LogP contribution in [0.5, 0.6) is 0 Å². The Morgan fingerprint density at radius 1 is 1.06 bits per heavy atom. The topological polar surface area (TPSA) is 88.9 Å². The van der Waals surface area contributed by atoms with E-state index < -0.39 is 0 Å². The fraction of sp³-hybridized carbons (Fsp3) is 0.360. The molecule has 0 saturated heterocycles. The highest BCUT2D eigenvalue weighted by Gasteiger charge is 2.26. The number of hydrogen-bond donors (Lipinski definition) is 2. The summed E-state index contributed by atoms with van der Waals surface area (Å²) in [6.45, 7) is 7.21. The first-order valence-electron chi connectivity index (χ1n) is 11.3. The lowest BCUT2D eigenvalue weighted by molar-refractivity contribution is -0.118. The molecule has 1 aromatic heterocycles. The van der Waals surface area contributed by atoms with E-state index in [0.29, 0.717) is 34.7 Å². The lowest BCUT2D eigenvalue weighted by atomic mass is 10.0. The van der Waals surface area contributed by atoms with Crippen molar-refractivity contribution in [3.63, 3.8) is 0 Å². The Balaban J connectivity index is 1.62. The molecule has 0 unspecified atom stereocenters. The van der Waals surface area contributed by atoms with Crippen molar-refractivity contribution in [2.24, 2.45) is 5.92 Å². The molecule has 0 spiro atoms. The predicted octanol–water partition coefficient (Wildman–Crippen LogP) is 4.53. The van der Waals surface area contributed by atoms with Gasteiger partial charge in [0.05, 0.1) is 22.4 Å². The van der Waals surface area contributed by atoms with Crippen molar-refractivity contribution in [2.45, 2.75) is 44.9 Å². The molecule has 1 atom stereocenters. The number of rotatable bonds is 11. The minimum atomic E-state index is -0.356. The highest BCUT2D eigenvalue weighted by atomic mass is 35.5. The Labute approximate surface area is 209 Å². The first-order chi connectivity index (χ1) is 16.4. The van der Waals surface area contributed by atoms with Crippen molar-refractivity contribution in [2.75, 3.05) is 12.3 Å². The van der Waals surface area contributed by atoms with Gasteiger partial charge in [-0.25, -0.2) is 0 Å². The van der Waals surface area contributed by atoms with Gasteiger partial charge in [-0.15, -0.1) is 10.2 Å². The Hall–Kier alpha value is -2.84. The van der Waals surface area contributed by atoms with Crippen molar-refractivity contribution >= 4 is 35.2 Å². The second kappa shape index (κ2) is 12.6. The van der Waals surface area contributed by atoms with Crippen molar-refractivity contribution < 1.29 is 9.59 Å². The number of aromatic nitrogens is 3. The minimum Gasteiger partial charge on any atom is -0.355 e. The van der Waals surface area contributed by atoms with Crippen molar-refractivity contribution in [3.05, 3.63) is 76.6 Å². The molecule has 2 aromatic carbocycles. The van der Waals surface area contributed by atoms with Gasteiger partial charge in [-0.2, -0.15) is 0 Å². The van der Waals surface area contributed by atoms with E-state index in [1.54, 1.807) is 24.3 Å². The van der Waals surface area contributed by atoms with Crippen LogP contribution in [0.3, 0.4) is 0 Å². The van der Waals surface area contributed by atoms with Gasteiger partial charge in [0.2, 0.25) is 5.91 Å². The van der Waals surface area contributed by atoms with Crippen LogP contribution in [0, 0.1) is 5.92 Å². The summed E-state index contributed by atoms with van der Waals surface area (Å²) < 4.78 is 1.94. The third-order valence-electron chi connectivity index (χ3n) is 5.32. The lowest BCUT2D eigenvalue weighted by Crippen LogP contribution is -2.34. The first-order valence-corrected chi connectivity index (χ1v) is 12.7. The molecule has 0 bridgehead atoms. The van der Waals surface area contributed by atoms with Gasteiger partial charge in [0.25, 0.3) is 5.91 Å². The van der Waals surface area contributed by atoms with Gasteiger partial charge >= 0.3 is 0 Å². The number of amides is 2. The van der Waals surface area contributed by atoms with E-state index in [4.69, 9.17) is 11.6 Å². The van der Waals surface area contributed by atoms with Crippen LogP contribution in [0.15, 0.2) is 59.8 Å². The van der Waals surface area contributed by atoms with Crippen LogP contribution in [0.4, 0.5) is 0 Å². The maximum atomic E-state index is 12.9. The van der Waals surface area contributed by atoms with Gasteiger partial charge in [0.1, 0.15) is 0 Å². The van der Waals surface area contributed by atoms with Crippen LogP contribution in [-0.2, 0) is 17.8 Å². The summed E-state index contributed by atoms with van der Waals surface area (Å²) in [7, 11) is 0. The number of carbonyl (C=O) groups excluding carboxylic acids is 2. The molecule has 9 heteroatoms. The Kier molecular flexibility index (Phi) is 9.53. The standard InChI is InChI=1S/C25H30ClN5O2S/c1-4-31-23(22(17(2)3)28-24(33)19-12-8-9-13-20(19)26)29-30-25(31)34-16-21(32)27-15-14-18-10-6-5-7-11-18/h5-13,17,22H,4,14-16H2,1-3H3,(H,27,32)(H,28,33)/t22-/m0/s1. The highest BCUT2D eigenvalue weighted by Crippen LogP contribution is 2.26. The molecule has 34 heavy (non-hydrogen) atoms. The summed E-state index contributed by atoms with van der Waals surface area (Å²) >= 11 is 7.53. The molecular weight excluding hydrogens is 470 g/mol. The normalized spacial score (nSPS) is 11.9. The van der Waals surface area contributed by atoms with Crippen molar-refractivity contribution in [3.8, 4) is 0 Å². The molecule has 2 N–H and O–H groups in total. The highest BCUT2D eigenvalue weighted by molar-refractivity contribution is 7.99. The van der Waals surface area contributed by atoms with Gasteiger partial charge in [-0.3, -0.25) is 9.59 Å². The molecule has 1 heterocycles. The van der Waals surface area contributed by atoms with E-state index in [9.17, 15) is 9.59 Å². The van der Waals surface area contributed by atoms with E-state index in [2.05, 4.69) is 20.8 Å². The molecule has 7 nitrogen and oxygen atoms in total. The maximum Gasteiger partial charge on any atom is 0.253 e. The summed E-state index contributed by atoms with van der Waals surface area (Å²) in [5.74, 6) is 0.651. The number of benzene rings is 2. The van der Waals surface area contributed by atoms with Crippen LogP contribution in [0.25, 0.3) is 0 Å². The van der Waals surface area contributed by atoms with Crippen LogP contribution in [0.2, 0.25) is 5.02 Å². The summed E-state index contributed by atoms with van der Waals surface area (Å²) in [6, 6.07) is 16.6. The van der Waals surface area contributed by atoms with Gasteiger partial charge in [-0.05, 0) is 37.0 Å². The summed E-state index contributed by atoms with van der Waals surface area (Å²) in [6.07, 6.45) is 0.785. The average molecular weight is 500 g/mol. The van der Waals surface area contributed by atoms with Gasteiger partial charge < -0.3 is 15.2 Å². The zero-order valence-corrected chi connectivity index (χ0v) is 21.2. The third-order valence-corrected chi connectivity index (χ3v) is 6.62. The van der Waals surface area contributed by atoms with Crippen LogP contribution in [0.1, 0.15) is 48.6 Å². The van der Waals surface area contributed by atoms with Crippen LogP contribution >= 0.6 is 23.4 Å². The SMILES string of the molecule is CCn1c(SCC(=O)NCCc2ccccc2)nnc1[C@@H](NC(=O)c1ccccc1Cl)C(C)C. The zero-order valence-electron chi connectivity index (χ0n) is 19.6. The Morgan fingerprint density at radius 3 is 2.44 bits per heavy atom. The number of halogens is 1. The quantitative estimate of drug-likeness (QED) is 0.378. The maximum absolute atomic E-state index is 12.9.